The van der Waals surface area contributed by atoms with Gasteiger partial charge in [-0.2, -0.15) is 0 Å². The smallest absolute Gasteiger partial charge is 0.338 e. The van der Waals surface area contributed by atoms with Gasteiger partial charge in [-0.05, 0) is 60.0 Å². The van der Waals surface area contributed by atoms with Crippen LogP contribution < -0.4 is 29.1 Å². The molecular formula is C38H36N2O6S. The molecule has 0 bridgehead atoms. The van der Waals surface area contributed by atoms with Crippen molar-refractivity contribution in [3.8, 4) is 17.2 Å². The van der Waals surface area contributed by atoms with Crippen LogP contribution in [0, 0.1) is 0 Å². The molecule has 6 rings (SSSR count). The number of fused-ring (bicyclic) bond motifs is 2. The first-order valence-electron chi connectivity index (χ1n) is 15.6. The molecule has 0 radical (unpaired) electrons. The standard InChI is InChI=1S/C38H36N2O6S/c1-5-12-30-34(37(42)45-6-2)35(29-22-27(43-3)19-20-32(29)44-4)40-36(41)33(47-38(40)39-30)21-25-14-8-10-18-31(25)46-23-26-16-11-15-24-13-7-9-17-28(24)26/h7-11,13-22,35H,5-6,12,23H2,1-4H3/b33-21+/t35-/m1/s1. The van der Waals surface area contributed by atoms with Crippen LogP contribution in [0.1, 0.15) is 49.4 Å². The monoisotopic (exact) mass is 648 g/mol. The average Bonchev–Trinajstić information content (AvgIpc) is 3.40. The molecule has 0 amide bonds. The molecule has 2 heterocycles. The lowest BCUT2D eigenvalue weighted by molar-refractivity contribution is -0.139. The van der Waals surface area contributed by atoms with Crippen molar-refractivity contribution in [3.05, 3.63) is 133 Å². The summed E-state index contributed by atoms with van der Waals surface area (Å²) in [7, 11) is 3.13. The molecule has 0 saturated heterocycles. The number of hydrogen-bond donors (Lipinski definition) is 0. The van der Waals surface area contributed by atoms with Gasteiger partial charge in [-0.25, -0.2) is 9.79 Å². The summed E-state index contributed by atoms with van der Waals surface area (Å²) in [4.78, 5) is 33.4. The second kappa shape index (κ2) is 14.1. The summed E-state index contributed by atoms with van der Waals surface area (Å²) in [6.07, 6.45) is 3.11. The minimum Gasteiger partial charge on any atom is -0.497 e. The number of hydrogen-bond acceptors (Lipinski definition) is 8. The minimum absolute atomic E-state index is 0.184. The van der Waals surface area contributed by atoms with Crippen molar-refractivity contribution >= 4 is 34.2 Å². The number of thiazole rings is 1. The molecule has 0 fully saturated rings. The summed E-state index contributed by atoms with van der Waals surface area (Å²) >= 11 is 1.27. The van der Waals surface area contributed by atoms with E-state index in [-0.39, 0.29) is 12.2 Å². The number of aromatic nitrogens is 1. The zero-order valence-corrected chi connectivity index (χ0v) is 27.6. The van der Waals surface area contributed by atoms with Gasteiger partial charge in [0, 0.05) is 11.1 Å². The van der Waals surface area contributed by atoms with E-state index in [1.54, 1.807) is 43.9 Å². The first-order valence-corrected chi connectivity index (χ1v) is 16.4. The van der Waals surface area contributed by atoms with Crippen molar-refractivity contribution in [3.63, 3.8) is 0 Å². The summed E-state index contributed by atoms with van der Waals surface area (Å²) < 4.78 is 25.2. The Bertz CT molecular complexity index is 2160. The molecule has 1 aliphatic rings. The fourth-order valence-corrected chi connectivity index (χ4v) is 6.93. The van der Waals surface area contributed by atoms with E-state index in [9.17, 15) is 9.59 Å². The largest absolute Gasteiger partial charge is 0.497 e. The lowest BCUT2D eigenvalue weighted by Gasteiger charge is -2.27. The predicted molar refractivity (Wildman–Crippen MR) is 184 cm³/mol. The Labute approximate surface area is 276 Å². The van der Waals surface area contributed by atoms with E-state index in [2.05, 4.69) is 24.3 Å². The summed E-state index contributed by atoms with van der Waals surface area (Å²) in [5.74, 6) is 1.21. The second-order valence-corrected chi connectivity index (χ2v) is 12.0. The molecule has 0 N–H and O–H groups in total. The molecule has 0 saturated carbocycles. The van der Waals surface area contributed by atoms with Crippen molar-refractivity contribution in [1.82, 2.24) is 4.57 Å². The van der Waals surface area contributed by atoms with Crippen molar-refractivity contribution in [2.75, 3.05) is 20.8 Å². The molecule has 47 heavy (non-hydrogen) atoms. The Kier molecular flexibility index (Phi) is 9.54. The van der Waals surface area contributed by atoms with Crippen LogP contribution in [0.3, 0.4) is 0 Å². The summed E-state index contributed by atoms with van der Waals surface area (Å²) in [6.45, 7) is 4.33. The zero-order valence-electron chi connectivity index (χ0n) is 26.8. The van der Waals surface area contributed by atoms with Gasteiger partial charge < -0.3 is 18.9 Å². The fourth-order valence-electron chi connectivity index (χ4n) is 5.91. The van der Waals surface area contributed by atoms with Crippen LogP contribution in [0.4, 0.5) is 0 Å². The number of para-hydroxylation sites is 1. The second-order valence-electron chi connectivity index (χ2n) is 11.0. The van der Waals surface area contributed by atoms with E-state index in [0.717, 1.165) is 28.3 Å². The number of esters is 1. The maximum absolute atomic E-state index is 14.4. The number of carbonyl (C=O) groups excluding carboxylic acids is 1. The van der Waals surface area contributed by atoms with Crippen molar-refractivity contribution in [2.24, 2.45) is 4.99 Å². The molecule has 9 heteroatoms. The molecule has 0 unspecified atom stereocenters. The zero-order chi connectivity index (χ0) is 32.9. The minimum atomic E-state index is -0.836. The van der Waals surface area contributed by atoms with Crippen LogP contribution in [-0.2, 0) is 16.1 Å². The molecule has 1 aromatic heterocycles. The van der Waals surface area contributed by atoms with Crippen LogP contribution in [0.15, 0.2) is 106 Å². The van der Waals surface area contributed by atoms with Crippen LogP contribution in [0.5, 0.6) is 17.2 Å². The van der Waals surface area contributed by atoms with Crippen LogP contribution in [0.25, 0.3) is 16.8 Å². The van der Waals surface area contributed by atoms with Gasteiger partial charge in [0.1, 0.15) is 29.9 Å². The number of carbonyl (C=O) groups is 1. The third-order valence-electron chi connectivity index (χ3n) is 8.09. The Balaban J connectivity index is 1.49. The van der Waals surface area contributed by atoms with Gasteiger partial charge in [0.05, 0.1) is 36.6 Å². The highest BCUT2D eigenvalue weighted by molar-refractivity contribution is 7.07. The van der Waals surface area contributed by atoms with Crippen LogP contribution in [0.2, 0.25) is 0 Å². The molecule has 0 spiro atoms. The van der Waals surface area contributed by atoms with E-state index in [0.29, 0.717) is 56.4 Å². The van der Waals surface area contributed by atoms with E-state index in [1.807, 2.05) is 55.5 Å². The number of rotatable bonds is 11. The first-order chi connectivity index (χ1) is 23.0. The molecule has 0 aliphatic carbocycles. The average molecular weight is 649 g/mol. The van der Waals surface area contributed by atoms with Gasteiger partial charge in [-0.15, -0.1) is 0 Å². The van der Waals surface area contributed by atoms with E-state index >= 15 is 0 Å². The number of allylic oxidation sites excluding steroid dienone is 1. The topological polar surface area (TPSA) is 88.4 Å². The number of benzene rings is 4. The third-order valence-corrected chi connectivity index (χ3v) is 9.08. The SMILES string of the molecule is CCCC1=C(C(=O)OCC)[C@@H](c2cc(OC)ccc2OC)n2c(s/c(=C/c3ccccc3OCc3cccc4ccccc34)c2=O)=N1. The number of methoxy groups -OCH3 is 2. The normalized spacial score (nSPS) is 14.5. The molecule has 4 aromatic carbocycles. The highest BCUT2D eigenvalue weighted by atomic mass is 32.1. The third kappa shape index (κ3) is 6.31. The predicted octanol–water partition coefficient (Wildman–Crippen LogP) is 6.33. The summed E-state index contributed by atoms with van der Waals surface area (Å²) in [5.41, 5.74) is 3.05. The number of ether oxygens (including phenoxy) is 4. The Morgan fingerprint density at radius 3 is 2.51 bits per heavy atom. The highest BCUT2D eigenvalue weighted by Crippen LogP contribution is 2.39. The van der Waals surface area contributed by atoms with Crippen molar-refractivity contribution in [2.45, 2.75) is 39.3 Å². The number of nitrogens with zero attached hydrogens (tertiary/aromatic N) is 2. The Morgan fingerprint density at radius 1 is 0.936 bits per heavy atom. The van der Waals surface area contributed by atoms with E-state index < -0.39 is 12.0 Å². The van der Waals surface area contributed by atoms with Gasteiger partial charge in [-0.3, -0.25) is 9.36 Å². The van der Waals surface area contributed by atoms with E-state index in [1.165, 1.54) is 11.3 Å². The van der Waals surface area contributed by atoms with Gasteiger partial charge in [0.25, 0.3) is 5.56 Å². The van der Waals surface area contributed by atoms with Crippen LogP contribution in [-0.4, -0.2) is 31.4 Å². The van der Waals surface area contributed by atoms with Crippen molar-refractivity contribution < 1.29 is 23.7 Å². The molecule has 1 aliphatic heterocycles. The van der Waals surface area contributed by atoms with Gasteiger partial charge in [-0.1, -0.05) is 85.3 Å². The fraction of sp³-hybridized carbons (Fsp3) is 0.237. The lowest BCUT2D eigenvalue weighted by Crippen LogP contribution is -2.40. The lowest BCUT2D eigenvalue weighted by atomic mass is 9.93. The van der Waals surface area contributed by atoms with E-state index in [4.69, 9.17) is 23.9 Å². The van der Waals surface area contributed by atoms with Gasteiger partial charge in [0.2, 0.25) is 0 Å². The summed E-state index contributed by atoms with van der Waals surface area (Å²) in [5, 5.41) is 2.28. The molecule has 240 valence electrons. The Morgan fingerprint density at radius 2 is 1.72 bits per heavy atom. The van der Waals surface area contributed by atoms with Gasteiger partial charge in [0.15, 0.2) is 4.80 Å². The molecule has 5 aromatic rings. The van der Waals surface area contributed by atoms with Crippen LogP contribution >= 0.6 is 11.3 Å². The Hall–Kier alpha value is -5.15. The summed E-state index contributed by atoms with van der Waals surface area (Å²) in [6, 6.07) is 26.5. The molecule has 1 atom stereocenters. The van der Waals surface area contributed by atoms with Gasteiger partial charge >= 0.3 is 5.97 Å². The first kappa shape index (κ1) is 31.8. The quantitative estimate of drug-likeness (QED) is 0.156. The maximum Gasteiger partial charge on any atom is 0.338 e. The maximum atomic E-state index is 14.4. The molecule has 8 nitrogen and oxygen atoms in total. The molecular weight excluding hydrogens is 612 g/mol. The highest BCUT2D eigenvalue weighted by Gasteiger charge is 2.36. The van der Waals surface area contributed by atoms with Crippen molar-refractivity contribution in [1.29, 1.82) is 0 Å².